The number of nitrogens with zero attached hydrogens (tertiary/aromatic N) is 1. The van der Waals surface area contributed by atoms with Crippen molar-refractivity contribution in [2.75, 3.05) is 20.1 Å². The normalized spacial score (nSPS) is 21.2. The molecule has 2 heteroatoms. The first-order valence-corrected chi connectivity index (χ1v) is 6.82. The molecule has 2 atom stereocenters. The van der Waals surface area contributed by atoms with Crippen LogP contribution in [0.2, 0.25) is 0 Å². The number of benzene rings is 1. The molecule has 98 valence electrons. The largest absolute Gasteiger partial charge is 0.387 e. The molecule has 18 heavy (non-hydrogen) atoms. The summed E-state index contributed by atoms with van der Waals surface area (Å²) in [7, 11) is 2.10. The van der Waals surface area contributed by atoms with Crippen molar-refractivity contribution in [1.82, 2.24) is 4.90 Å². The molecule has 0 spiro atoms. The van der Waals surface area contributed by atoms with Crippen molar-refractivity contribution >= 4 is 0 Å². The summed E-state index contributed by atoms with van der Waals surface area (Å²) in [5.74, 6) is 0.753. The molecule has 0 radical (unpaired) electrons. The fourth-order valence-corrected chi connectivity index (χ4v) is 2.61. The van der Waals surface area contributed by atoms with E-state index in [9.17, 15) is 5.11 Å². The predicted molar refractivity (Wildman–Crippen MR) is 75.4 cm³/mol. The first-order valence-electron chi connectivity index (χ1n) is 6.82. The van der Waals surface area contributed by atoms with Crippen molar-refractivity contribution < 1.29 is 5.11 Å². The van der Waals surface area contributed by atoms with Crippen molar-refractivity contribution in [3.05, 3.63) is 48.0 Å². The summed E-state index contributed by atoms with van der Waals surface area (Å²) in [5.41, 5.74) is 1.01. The van der Waals surface area contributed by atoms with Crippen LogP contribution in [-0.4, -0.2) is 30.1 Å². The Bertz CT molecular complexity index is 374. The van der Waals surface area contributed by atoms with Crippen LogP contribution in [0.15, 0.2) is 42.5 Å². The molecule has 0 aromatic heterocycles. The molecule has 0 fully saturated rings. The number of hydrogen-bond donors (Lipinski definition) is 1. The minimum Gasteiger partial charge on any atom is -0.387 e. The van der Waals surface area contributed by atoms with Crippen LogP contribution < -0.4 is 0 Å². The molecular formula is C16H23NO. The van der Waals surface area contributed by atoms with E-state index in [1.807, 2.05) is 30.3 Å². The van der Waals surface area contributed by atoms with Crippen molar-refractivity contribution in [2.45, 2.75) is 25.4 Å². The third-order valence-corrected chi connectivity index (χ3v) is 3.62. The summed E-state index contributed by atoms with van der Waals surface area (Å²) in [6, 6.07) is 9.91. The second-order valence-corrected chi connectivity index (χ2v) is 5.30. The van der Waals surface area contributed by atoms with Gasteiger partial charge in [-0.3, -0.25) is 0 Å². The predicted octanol–water partition coefficient (Wildman–Crippen LogP) is 3.01. The Morgan fingerprint density at radius 1 is 1.28 bits per heavy atom. The van der Waals surface area contributed by atoms with E-state index in [1.165, 1.54) is 19.3 Å². The van der Waals surface area contributed by atoms with Gasteiger partial charge in [-0.15, -0.1) is 0 Å². The molecule has 0 saturated heterocycles. The summed E-state index contributed by atoms with van der Waals surface area (Å²) in [6.07, 6.45) is 7.86. The van der Waals surface area contributed by atoms with Gasteiger partial charge in [-0.25, -0.2) is 0 Å². The first kappa shape index (κ1) is 13.3. The number of rotatable bonds is 5. The molecule has 0 heterocycles. The maximum Gasteiger partial charge on any atom is 0.0916 e. The summed E-state index contributed by atoms with van der Waals surface area (Å²) < 4.78 is 0. The quantitative estimate of drug-likeness (QED) is 0.806. The second-order valence-electron chi connectivity index (χ2n) is 5.30. The lowest BCUT2D eigenvalue weighted by Gasteiger charge is -2.26. The molecule has 1 N–H and O–H groups in total. The third kappa shape index (κ3) is 3.97. The Kier molecular flexibility index (Phi) is 4.97. The first-order chi connectivity index (χ1) is 8.75. The van der Waals surface area contributed by atoms with E-state index < -0.39 is 0 Å². The maximum absolute atomic E-state index is 10.2. The number of aliphatic hydroxyl groups is 1. The zero-order valence-corrected chi connectivity index (χ0v) is 11.1. The second kappa shape index (κ2) is 6.72. The Morgan fingerprint density at radius 2 is 2.06 bits per heavy atom. The number of likely N-dealkylation sites (N-methyl/N-ethyl adjacent to an activating group) is 1. The van der Waals surface area contributed by atoms with Crippen LogP contribution in [0, 0.1) is 5.92 Å². The van der Waals surface area contributed by atoms with Gasteiger partial charge in [0.25, 0.3) is 0 Å². The Balaban J connectivity index is 1.80. The average molecular weight is 245 g/mol. The van der Waals surface area contributed by atoms with Crippen molar-refractivity contribution in [3.63, 3.8) is 0 Å². The van der Waals surface area contributed by atoms with E-state index in [4.69, 9.17) is 0 Å². The third-order valence-electron chi connectivity index (χ3n) is 3.62. The van der Waals surface area contributed by atoms with E-state index in [1.54, 1.807) is 0 Å². The van der Waals surface area contributed by atoms with Gasteiger partial charge >= 0.3 is 0 Å². The van der Waals surface area contributed by atoms with Crippen LogP contribution in [0.25, 0.3) is 0 Å². The van der Waals surface area contributed by atoms with Gasteiger partial charge in [0.15, 0.2) is 0 Å². The van der Waals surface area contributed by atoms with Gasteiger partial charge in [0.05, 0.1) is 6.10 Å². The Morgan fingerprint density at radius 3 is 2.72 bits per heavy atom. The molecule has 0 aliphatic heterocycles. The highest BCUT2D eigenvalue weighted by Crippen LogP contribution is 2.20. The molecule has 1 aliphatic rings. The van der Waals surface area contributed by atoms with Crippen LogP contribution in [0.5, 0.6) is 0 Å². The number of allylic oxidation sites excluding steroid dienone is 2. The number of hydrogen-bond acceptors (Lipinski definition) is 2. The Hall–Kier alpha value is -1.12. The van der Waals surface area contributed by atoms with Crippen molar-refractivity contribution in [3.8, 4) is 0 Å². The average Bonchev–Trinajstić information content (AvgIpc) is 2.40. The van der Waals surface area contributed by atoms with Crippen LogP contribution in [0.4, 0.5) is 0 Å². The smallest absolute Gasteiger partial charge is 0.0916 e. The van der Waals surface area contributed by atoms with Crippen molar-refractivity contribution in [2.24, 2.45) is 5.92 Å². The highest BCUT2D eigenvalue weighted by Gasteiger charge is 2.15. The van der Waals surface area contributed by atoms with E-state index in [0.717, 1.165) is 18.0 Å². The maximum atomic E-state index is 10.2. The Labute approximate surface area is 110 Å². The molecule has 2 rings (SSSR count). The van der Waals surface area contributed by atoms with Crippen LogP contribution in [0.1, 0.15) is 30.9 Å². The van der Waals surface area contributed by atoms with Gasteiger partial charge < -0.3 is 10.0 Å². The molecule has 0 saturated carbocycles. The monoisotopic (exact) mass is 245 g/mol. The van der Waals surface area contributed by atoms with E-state index in [2.05, 4.69) is 24.1 Å². The van der Waals surface area contributed by atoms with Gasteiger partial charge in [-0.2, -0.15) is 0 Å². The van der Waals surface area contributed by atoms with Crippen LogP contribution >= 0.6 is 0 Å². The highest BCUT2D eigenvalue weighted by molar-refractivity contribution is 5.17. The van der Waals surface area contributed by atoms with E-state index >= 15 is 0 Å². The minimum atomic E-state index is -0.379. The lowest BCUT2D eigenvalue weighted by Crippen LogP contribution is -2.30. The topological polar surface area (TPSA) is 23.5 Å². The minimum absolute atomic E-state index is 0.379. The molecule has 1 aromatic carbocycles. The van der Waals surface area contributed by atoms with Crippen molar-refractivity contribution in [1.29, 1.82) is 0 Å². The zero-order valence-electron chi connectivity index (χ0n) is 11.1. The van der Waals surface area contributed by atoms with Gasteiger partial charge in [0.2, 0.25) is 0 Å². The van der Waals surface area contributed by atoms with Gasteiger partial charge in [0.1, 0.15) is 0 Å². The van der Waals surface area contributed by atoms with E-state index in [0.29, 0.717) is 6.54 Å². The van der Waals surface area contributed by atoms with Crippen LogP contribution in [0.3, 0.4) is 0 Å². The molecule has 1 aliphatic carbocycles. The summed E-state index contributed by atoms with van der Waals surface area (Å²) >= 11 is 0. The number of aliphatic hydroxyl groups excluding tert-OH is 1. The summed E-state index contributed by atoms with van der Waals surface area (Å²) in [6.45, 7) is 1.79. The SMILES string of the molecule is CN(C[C@H]1CC=CCC1)C[C@H](O)c1ccccc1. The molecule has 0 amide bonds. The molecule has 1 aromatic rings. The standard InChI is InChI=1S/C16H23NO/c1-17(12-14-8-4-2-5-9-14)13-16(18)15-10-6-3-7-11-15/h2-4,6-7,10-11,14,16,18H,5,8-9,12-13H2,1H3/t14-,16-/m0/s1. The fourth-order valence-electron chi connectivity index (χ4n) is 2.61. The summed E-state index contributed by atoms with van der Waals surface area (Å²) in [4.78, 5) is 2.25. The molecular weight excluding hydrogens is 222 g/mol. The van der Waals surface area contributed by atoms with Gasteiger partial charge in [0, 0.05) is 13.1 Å². The fraction of sp³-hybridized carbons (Fsp3) is 0.500. The molecule has 0 unspecified atom stereocenters. The lowest BCUT2D eigenvalue weighted by molar-refractivity contribution is 0.117. The van der Waals surface area contributed by atoms with Crippen LogP contribution in [-0.2, 0) is 0 Å². The van der Waals surface area contributed by atoms with E-state index in [-0.39, 0.29) is 6.10 Å². The van der Waals surface area contributed by atoms with Gasteiger partial charge in [-0.05, 0) is 37.8 Å². The lowest BCUT2D eigenvalue weighted by atomic mass is 9.94. The highest BCUT2D eigenvalue weighted by atomic mass is 16.3. The molecule has 2 nitrogen and oxygen atoms in total. The van der Waals surface area contributed by atoms with Gasteiger partial charge in [-0.1, -0.05) is 42.5 Å². The summed E-state index contributed by atoms with van der Waals surface area (Å²) in [5, 5.41) is 10.2. The zero-order chi connectivity index (χ0) is 12.8. The molecule has 0 bridgehead atoms.